The maximum atomic E-state index is 12.9. The molecule has 30 heavy (non-hydrogen) atoms. The molecule has 5 nitrogen and oxygen atoms in total. The molecule has 4 rings (SSSR count). The Morgan fingerprint density at radius 1 is 1.10 bits per heavy atom. The van der Waals surface area contributed by atoms with Gasteiger partial charge in [0.2, 0.25) is 0 Å². The summed E-state index contributed by atoms with van der Waals surface area (Å²) in [4.78, 5) is 25.8. The summed E-state index contributed by atoms with van der Waals surface area (Å²) in [5, 5.41) is 3.51. The quantitative estimate of drug-likeness (QED) is 0.441. The first-order valence-electron chi connectivity index (χ1n) is 8.88. The standard InChI is InChI=1S/C22H15ClN2O3S2/c1-28-18-11-8-14(16-4-2-3-5-17(16)18)12-19-21(27)25(22(29)30-19)24-20(26)13-6-9-15(23)10-7-13/h2-12H,1H3,(H,24,26)/b19-12+. The number of carbonyl (C=O) groups excluding carboxylic acids is 2. The summed E-state index contributed by atoms with van der Waals surface area (Å²) >= 11 is 12.3. The summed E-state index contributed by atoms with van der Waals surface area (Å²) in [6, 6.07) is 17.9. The molecule has 0 unspecified atom stereocenters. The number of nitrogens with zero attached hydrogens (tertiary/aromatic N) is 1. The molecule has 0 spiro atoms. The minimum atomic E-state index is -0.445. The largest absolute Gasteiger partial charge is 0.496 e. The van der Waals surface area contributed by atoms with Crippen molar-refractivity contribution in [1.82, 2.24) is 10.4 Å². The van der Waals surface area contributed by atoms with Gasteiger partial charge < -0.3 is 4.74 Å². The number of thiocarbonyl (C=S) groups is 1. The topological polar surface area (TPSA) is 58.6 Å². The second-order valence-corrected chi connectivity index (χ2v) is 8.48. The highest BCUT2D eigenvalue weighted by atomic mass is 35.5. The first-order valence-corrected chi connectivity index (χ1v) is 10.5. The molecule has 8 heteroatoms. The SMILES string of the molecule is COc1ccc(/C=C2/SC(=S)N(NC(=O)c3ccc(Cl)cc3)C2=O)c2ccccc12. The van der Waals surface area contributed by atoms with Crippen LogP contribution in [-0.4, -0.2) is 28.3 Å². The molecule has 0 bridgehead atoms. The van der Waals surface area contributed by atoms with Gasteiger partial charge in [-0.2, -0.15) is 5.01 Å². The molecule has 1 aliphatic rings. The first-order chi connectivity index (χ1) is 14.5. The molecule has 0 radical (unpaired) electrons. The summed E-state index contributed by atoms with van der Waals surface area (Å²) in [7, 11) is 1.62. The number of nitrogens with one attached hydrogen (secondary N) is 1. The number of ether oxygens (including phenoxy) is 1. The molecule has 0 atom stereocenters. The lowest BCUT2D eigenvalue weighted by molar-refractivity contribution is -0.123. The van der Waals surface area contributed by atoms with E-state index in [-0.39, 0.29) is 10.2 Å². The van der Waals surface area contributed by atoms with Crippen molar-refractivity contribution in [2.24, 2.45) is 0 Å². The first kappa shape index (κ1) is 20.4. The number of rotatable bonds is 4. The Balaban J connectivity index is 1.61. The number of fused-ring (bicyclic) bond motifs is 1. The lowest BCUT2D eigenvalue weighted by atomic mass is 10.0. The Kier molecular flexibility index (Phi) is 5.76. The van der Waals surface area contributed by atoms with Crippen LogP contribution in [0.25, 0.3) is 16.8 Å². The number of methoxy groups -OCH3 is 1. The Bertz CT molecular complexity index is 1210. The van der Waals surface area contributed by atoms with Crippen LogP contribution in [0.1, 0.15) is 15.9 Å². The fourth-order valence-corrected chi connectivity index (χ4v) is 4.37. The van der Waals surface area contributed by atoms with Crippen molar-refractivity contribution in [3.63, 3.8) is 0 Å². The van der Waals surface area contributed by atoms with Crippen LogP contribution in [0.5, 0.6) is 5.75 Å². The molecule has 2 amide bonds. The van der Waals surface area contributed by atoms with Crippen molar-refractivity contribution in [3.05, 3.63) is 81.7 Å². The van der Waals surface area contributed by atoms with Crippen LogP contribution in [-0.2, 0) is 4.79 Å². The number of carbonyl (C=O) groups is 2. The van der Waals surface area contributed by atoms with Gasteiger partial charge in [-0.05, 0) is 59.6 Å². The van der Waals surface area contributed by atoms with E-state index in [1.54, 1.807) is 37.5 Å². The van der Waals surface area contributed by atoms with E-state index >= 15 is 0 Å². The summed E-state index contributed by atoms with van der Waals surface area (Å²) in [6.45, 7) is 0. The molecule has 1 saturated heterocycles. The van der Waals surface area contributed by atoms with Gasteiger partial charge in [0, 0.05) is 16.0 Å². The van der Waals surface area contributed by atoms with Crippen molar-refractivity contribution in [2.45, 2.75) is 0 Å². The van der Waals surface area contributed by atoms with E-state index in [4.69, 9.17) is 28.6 Å². The number of amides is 2. The lowest BCUT2D eigenvalue weighted by Gasteiger charge is -2.15. The molecular weight excluding hydrogens is 440 g/mol. The van der Waals surface area contributed by atoms with E-state index in [1.165, 1.54) is 0 Å². The van der Waals surface area contributed by atoms with Crippen molar-refractivity contribution in [3.8, 4) is 5.75 Å². The van der Waals surface area contributed by atoms with Crippen molar-refractivity contribution >= 4 is 68.6 Å². The van der Waals surface area contributed by atoms with Gasteiger partial charge in [-0.15, -0.1) is 0 Å². The summed E-state index contributed by atoms with van der Waals surface area (Å²) < 4.78 is 5.68. The lowest BCUT2D eigenvalue weighted by Crippen LogP contribution is -2.44. The maximum absolute atomic E-state index is 12.9. The minimum Gasteiger partial charge on any atom is -0.496 e. The third-order valence-corrected chi connectivity index (χ3v) is 6.09. The highest BCUT2D eigenvalue weighted by Gasteiger charge is 2.34. The van der Waals surface area contributed by atoms with Gasteiger partial charge in [0.25, 0.3) is 11.8 Å². The molecular formula is C22H15ClN2O3S2. The summed E-state index contributed by atoms with van der Waals surface area (Å²) in [5.41, 5.74) is 3.80. The van der Waals surface area contributed by atoms with E-state index < -0.39 is 5.91 Å². The summed E-state index contributed by atoms with van der Waals surface area (Å²) in [6.07, 6.45) is 1.77. The van der Waals surface area contributed by atoms with Crippen molar-refractivity contribution in [1.29, 1.82) is 0 Å². The van der Waals surface area contributed by atoms with Crippen LogP contribution in [0.2, 0.25) is 5.02 Å². The number of hydrazine groups is 1. The Morgan fingerprint density at radius 3 is 2.50 bits per heavy atom. The smallest absolute Gasteiger partial charge is 0.285 e. The van der Waals surface area contributed by atoms with Crippen LogP contribution in [0.4, 0.5) is 0 Å². The fourth-order valence-electron chi connectivity index (χ4n) is 3.07. The zero-order valence-electron chi connectivity index (χ0n) is 15.7. The zero-order valence-corrected chi connectivity index (χ0v) is 18.1. The molecule has 3 aromatic carbocycles. The second-order valence-electron chi connectivity index (χ2n) is 6.37. The molecule has 0 aliphatic carbocycles. The predicted molar refractivity (Wildman–Crippen MR) is 124 cm³/mol. The highest BCUT2D eigenvalue weighted by molar-refractivity contribution is 8.26. The highest BCUT2D eigenvalue weighted by Crippen LogP contribution is 2.35. The third kappa shape index (κ3) is 3.92. The minimum absolute atomic E-state index is 0.256. The van der Waals surface area contributed by atoms with Gasteiger partial charge >= 0.3 is 0 Å². The predicted octanol–water partition coefficient (Wildman–Crippen LogP) is 5.05. The van der Waals surface area contributed by atoms with Gasteiger partial charge in [0.05, 0.1) is 12.0 Å². The van der Waals surface area contributed by atoms with Gasteiger partial charge in [-0.1, -0.05) is 53.7 Å². The normalized spacial score (nSPS) is 15.1. The molecule has 1 heterocycles. The Labute approximate surface area is 187 Å². The number of thioether (sulfide) groups is 1. The monoisotopic (exact) mass is 454 g/mol. The fraction of sp³-hybridized carbons (Fsp3) is 0.0455. The number of hydrogen-bond donors (Lipinski definition) is 1. The van der Waals surface area contributed by atoms with E-state index in [0.717, 1.165) is 38.9 Å². The van der Waals surface area contributed by atoms with Gasteiger partial charge in [-0.25, -0.2) is 0 Å². The van der Waals surface area contributed by atoms with Crippen LogP contribution in [0, 0.1) is 0 Å². The Morgan fingerprint density at radius 2 is 1.80 bits per heavy atom. The Hall–Kier alpha value is -2.87. The molecule has 1 fully saturated rings. The van der Waals surface area contributed by atoms with Crippen LogP contribution >= 0.6 is 35.6 Å². The molecule has 150 valence electrons. The van der Waals surface area contributed by atoms with Gasteiger partial charge in [0.15, 0.2) is 4.32 Å². The average molecular weight is 455 g/mol. The van der Waals surface area contributed by atoms with Crippen LogP contribution in [0.15, 0.2) is 65.6 Å². The molecule has 3 aromatic rings. The van der Waals surface area contributed by atoms with E-state index in [0.29, 0.717) is 15.5 Å². The average Bonchev–Trinajstić information content (AvgIpc) is 3.01. The van der Waals surface area contributed by atoms with Gasteiger partial charge in [0.1, 0.15) is 5.75 Å². The summed E-state index contributed by atoms with van der Waals surface area (Å²) in [5.74, 6) is -0.0724. The molecule has 1 N–H and O–H groups in total. The number of hydrogen-bond acceptors (Lipinski definition) is 5. The second kappa shape index (κ2) is 8.47. The molecule has 0 saturated carbocycles. The number of benzene rings is 3. The maximum Gasteiger partial charge on any atom is 0.285 e. The van der Waals surface area contributed by atoms with E-state index in [9.17, 15) is 9.59 Å². The number of halogens is 1. The molecule has 0 aromatic heterocycles. The van der Waals surface area contributed by atoms with E-state index in [1.807, 2.05) is 36.4 Å². The van der Waals surface area contributed by atoms with E-state index in [2.05, 4.69) is 5.43 Å². The van der Waals surface area contributed by atoms with Crippen LogP contribution < -0.4 is 10.2 Å². The third-order valence-electron chi connectivity index (χ3n) is 4.54. The van der Waals surface area contributed by atoms with Gasteiger partial charge in [-0.3, -0.25) is 15.0 Å². The van der Waals surface area contributed by atoms with Crippen molar-refractivity contribution < 1.29 is 14.3 Å². The van der Waals surface area contributed by atoms with Crippen molar-refractivity contribution in [2.75, 3.05) is 7.11 Å². The van der Waals surface area contributed by atoms with Crippen LogP contribution in [0.3, 0.4) is 0 Å². The molecule has 1 aliphatic heterocycles. The zero-order chi connectivity index (χ0) is 21.3.